The summed E-state index contributed by atoms with van der Waals surface area (Å²) < 4.78 is 0. The average Bonchev–Trinajstić information content (AvgIpc) is 2.68. The number of allylic oxidation sites excluding steroid dienone is 2. The Hall–Kier alpha value is -3.39. The predicted molar refractivity (Wildman–Crippen MR) is 113 cm³/mol. The third-order valence-electron chi connectivity index (χ3n) is 4.96. The summed E-state index contributed by atoms with van der Waals surface area (Å²) in [6, 6.07) is 26.5. The summed E-state index contributed by atoms with van der Waals surface area (Å²) in [5.74, 6) is -0.0944. The van der Waals surface area contributed by atoms with Crippen LogP contribution in [0.15, 0.2) is 84.6 Å². The van der Waals surface area contributed by atoms with Crippen molar-refractivity contribution >= 4 is 32.9 Å². The fourth-order valence-electron chi connectivity index (χ4n) is 3.93. The van der Waals surface area contributed by atoms with Gasteiger partial charge in [-0.05, 0) is 46.5 Å². The molecular formula is C25H20O2. The maximum absolute atomic E-state index is 12.4. The summed E-state index contributed by atoms with van der Waals surface area (Å²) in [6.07, 6.45) is 0. The summed E-state index contributed by atoms with van der Waals surface area (Å²) in [6.45, 7) is 3.08. The smallest absolute Gasteiger partial charge is 0.163 e. The number of aliphatic hydroxyl groups excluding tert-OH is 1. The second kappa shape index (κ2) is 6.73. The van der Waals surface area contributed by atoms with Crippen LogP contribution in [-0.2, 0) is 4.79 Å². The highest BCUT2D eigenvalue weighted by atomic mass is 16.3. The molecule has 0 bridgehead atoms. The van der Waals surface area contributed by atoms with Crippen molar-refractivity contribution in [2.24, 2.45) is 0 Å². The molecule has 0 heterocycles. The van der Waals surface area contributed by atoms with Crippen LogP contribution in [0.5, 0.6) is 0 Å². The first kappa shape index (κ1) is 17.0. The highest BCUT2D eigenvalue weighted by Gasteiger charge is 2.21. The van der Waals surface area contributed by atoms with E-state index in [0.717, 1.165) is 38.2 Å². The molecule has 0 unspecified atom stereocenters. The van der Waals surface area contributed by atoms with Gasteiger partial charge < -0.3 is 5.11 Å². The van der Waals surface area contributed by atoms with E-state index < -0.39 is 0 Å². The number of Topliss-reactive ketones (excluding diaryl/α,β-unsaturated/α-hetero) is 1. The van der Waals surface area contributed by atoms with E-state index in [-0.39, 0.29) is 11.5 Å². The molecule has 0 radical (unpaired) electrons. The molecule has 0 aliphatic rings. The second-order valence-corrected chi connectivity index (χ2v) is 6.72. The lowest BCUT2D eigenvalue weighted by molar-refractivity contribution is -0.111. The fraction of sp³-hybridized carbons (Fsp3) is 0.0800. The van der Waals surface area contributed by atoms with E-state index in [1.54, 1.807) is 6.92 Å². The Labute approximate surface area is 158 Å². The van der Waals surface area contributed by atoms with Crippen molar-refractivity contribution in [2.45, 2.75) is 13.8 Å². The van der Waals surface area contributed by atoms with E-state index in [2.05, 4.69) is 24.3 Å². The van der Waals surface area contributed by atoms with Crippen molar-refractivity contribution in [3.8, 4) is 11.1 Å². The van der Waals surface area contributed by atoms with Gasteiger partial charge in [0.15, 0.2) is 5.78 Å². The molecule has 4 aromatic carbocycles. The molecule has 0 amide bonds. The molecule has 0 saturated carbocycles. The largest absolute Gasteiger partial charge is 0.512 e. The van der Waals surface area contributed by atoms with Crippen LogP contribution in [0, 0.1) is 0 Å². The van der Waals surface area contributed by atoms with E-state index in [1.165, 1.54) is 6.92 Å². The zero-order chi connectivity index (χ0) is 19.0. The minimum atomic E-state index is -0.141. The molecular weight excluding hydrogens is 332 g/mol. The molecule has 0 spiro atoms. The number of aliphatic hydroxyl groups is 1. The Morgan fingerprint density at radius 3 is 1.56 bits per heavy atom. The Kier molecular flexibility index (Phi) is 4.25. The maximum atomic E-state index is 12.4. The zero-order valence-corrected chi connectivity index (χ0v) is 15.4. The van der Waals surface area contributed by atoms with Crippen LogP contribution < -0.4 is 0 Å². The van der Waals surface area contributed by atoms with Gasteiger partial charge in [-0.2, -0.15) is 0 Å². The Bertz CT molecular complexity index is 1140. The van der Waals surface area contributed by atoms with Gasteiger partial charge in [0.1, 0.15) is 5.76 Å². The Morgan fingerprint density at radius 1 is 0.667 bits per heavy atom. The third kappa shape index (κ3) is 2.80. The van der Waals surface area contributed by atoms with E-state index in [0.29, 0.717) is 5.57 Å². The van der Waals surface area contributed by atoms with Gasteiger partial charge in [0.2, 0.25) is 0 Å². The number of carbonyl (C=O) groups is 1. The summed E-state index contributed by atoms with van der Waals surface area (Å²) in [5, 5.41) is 14.4. The molecule has 0 fully saturated rings. The minimum Gasteiger partial charge on any atom is -0.512 e. The molecule has 0 aliphatic heterocycles. The van der Waals surface area contributed by atoms with Crippen LogP contribution in [0.25, 0.3) is 38.2 Å². The average molecular weight is 352 g/mol. The second-order valence-electron chi connectivity index (χ2n) is 6.72. The normalized spacial score (nSPS) is 12.2. The van der Waals surface area contributed by atoms with E-state index in [9.17, 15) is 9.90 Å². The molecule has 4 rings (SSSR count). The van der Waals surface area contributed by atoms with Gasteiger partial charge in [-0.1, -0.05) is 78.9 Å². The summed E-state index contributed by atoms with van der Waals surface area (Å²) in [4.78, 5) is 12.4. The van der Waals surface area contributed by atoms with Crippen molar-refractivity contribution < 1.29 is 9.90 Å². The first-order valence-corrected chi connectivity index (χ1v) is 8.99. The van der Waals surface area contributed by atoms with Crippen LogP contribution in [0.1, 0.15) is 19.4 Å². The van der Waals surface area contributed by atoms with Gasteiger partial charge >= 0.3 is 0 Å². The molecule has 0 aliphatic carbocycles. The first-order valence-electron chi connectivity index (χ1n) is 8.99. The lowest BCUT2D eigenvalue weighted by Crippen LogP contribution is -2.02. The molecule has 2 nitrogen and oxygen atoms in total. The molecule has 132 valence electrons. The first-order chi connectivity index (χ1) is 13.1. The number of hydrogen-bond donors (Lipinski definition) is 1. The number of hydrogen-bond acceptors (Lipinski definition) is 2. The van der Waals surface area contributed by atoms with Gasteiger partial charge in [-0.3, -0.25) is 4.79 Å². The van der Waals surface area contributed by atoms with Gasteiger partial charge in [0.05, 0.1) is 5.57 Å². The predicted octanol–water partition coefficient (Wildman–Crippen LogP) is 6.54. The maximum Gasteiger partial charge on any atom is 0.163 e. The molecule has 1 N–H and O–H groups in total. The van der Waals surface area contributed by atoms with E-state index in [1.807, 2.05) is 54.6 Å². The summed E-state index contributed by atoms with van der Waals surface area (Å²) >= 11 is 0. The number of carbonyl (C=O) groups excluding carboxylic acids is 1. The highest BCUT2D eigenvalue weighted by Crippen LogP contribution is 2.42. The molecule has 2 heteroatoms. The van der Waals surface area contributed by atoms with Crippen molar-refractivity contribution in [1.82, 2.24) is 0 Å². The Morgan fingerprint density at radius 2 is 1.11 bits per heavy atom. The van der Waals surface area contributed by atoms with Crippen LogP contribution in [0.2, 0.25) is 0 Å². The van der Waals surface area contributed by atoms with Gasteiger partial charge in [-0.15, -0.1) is 0 Å². The van der Waals surface area contributed by atoms with Crippen LogP contribution in [0.4, 0.5) is 0 Å². The van der Waals surface area contributed by atoms with E-state index in [4.69, 9.17) is 0 Å². The number of fused-ring (bicyclic) bond motifs is 2. The molecule has 0 saturated heterocycles. The lowest BCUT2D eigenvalue weighted by Gasteiger charge is -2.18. The standard InChI is InChI=1S/C25H20O2/c1-16(26)23(17(2)27)25-21-14-8-6-12-19(21)24(18-10-4-3-5-11-18)20-13-7-9-15-22(20)25/h3-15,26H,1-2H3/b23-16+. The van der Waals surface area contributed by atoms with Crippen molar-refractivity contribution in [3.05, 3.63) is 90.2 Å². The number of benzene rings is 4. The lowest BCUT2D eigenvalue weighted by atomic mass is 9.85. The topological polar surface area (TPSA) is 37.3 Å². The van der Waals surface area contributed by atoms with Crippen LogP contribution in [0.3, 0.4) is 0 Å². The van der Waals surface area contributed by atoms with Crippen molar-refractivity contribution in [1.29, 1.82) is 0 Å². The third-order valence-corrected chi connectivity index (χ3v) is 4.96. The molecule has 0 aromatic heterocycles. The van der Waals surface area contributed by atoms with Gasteiger partial charge in [0.25, 0.3) is 0 Å². The number of rotatable bonds is 3. The SMILES string of the molecule is CC(=O)/C(=C(/C)O)c1c2ccccc2c(-c2ccccc2)c2ccccc12. The molecule has 27 heavy (non-hydrogen) atoms. The summed E-state index contributed by atoms with van der Waals surface area (Å²) in [5.41, 5.74) is 3.45. The molecule has 4 aromatic rings. The van der Waals surface area contributed by atoms with Crippen LogP contribution in [-0.4, -0.2) is 10.9 Å². The van der Waals surface area contributed by atoms with Crippen LogP contribution >= 0.6 is 0 Å². The van der Waals surface area contributed by atoms with Crippen molar-refractivity contribution in [3.63, 3.8) is 0 Å². The minimum absolute atomic E-state index is 0.0465. The highest BCUT2D eigenvalue weighted by molar-refractivity contribution is 6.30. The zero-order valence-electron chi connectivity index (χ0n) is 15.4. The van der Waals surface area contributed by atoms with Crippen molar-refractivity contribution in [2.75, 3.05) is 0 Å². The number of ketones is 1. The Balaban J connectivity index is 2.29. The van der Waals surface area contributed by atoms with E-state index >= 15 is 0 Å². The molecule has 0 atom stereocenters. The monoisotopic (exact) mass is 352 g/mol. The quantitative estimate of drug-likeness (QED) is 0.258. The van der Waals surface area contributed by atoms with Gasteiger partial charge in [0, 0.05) is 5.56 Å². The fourth-order valence-corrected chi connectivity index (χ4v) is 3.93. The summed E-state index contributed by atoms with van der Waals surface area (Å²) in [7, 11) is 0. The van der Waals surface area contributed by atoms with Gasteiger partial charge in [-0.25, -0.2) is 0 Å².